The molecule has 0 atom stereocenters. The van der Waals surface area contributed by atoms with Crippen LogP contribution in [-0.2, 0) is 25.9 Å². The number of halogens is 2. The molecule has 6 rings (SSSR count). The molecular weight excluding hydrogens is 523 g/mol. The van der Waals surface area contributed by atoms with E-state index in [0.717, 1.165) is 84.6 Å². The van der Waals surface area contributed by atoms with Crippen molar-refractivity contribution in [3.05, 3.63) is 69.5 Å². The number of aromatic amines is 2. The smallest absolute Gasteiger partial charge is 0.224 e. The number of nitrogens with zero attached hydrogens (tertiary/aromatic N) is 8. The summed E-state index contributed by atoms with van der Waals surface area (Å²) in [4.78, 5) is 36.5. The third kappa shape index (κ3) is 5.61. The van der Waals surface area contributed by atoms with Crippen molar-refractivity contribution in [3.8, 4) is 0 Å². The first-order valence-corrected chi connectivity index (χ1v) is 13.6. The predicted octanol–water partition coefficient (Wildman–Crippen LogP) is 5.08. The van der Waals surface area contributed by atoms with Crippen LogP contribution in [0.2, 0.25) is 10.6 Å². The van der Waals surface area contributed by atoms with E-state index in [0.29, 0.717) is 22.4 Å². The van der Waals surface area contributed by atoms with E-state index in [1.807, 2.05) is 12.4 Å². The molecule has 0 spiro atoms. The second-order valence-electron chi connectivity index (χ2n) is 10.1. The van der Waals surface area contributed by atoms with E-state index in [1.54, 1.807) is 12.7 Å². The van der Waals surface area contributed by atoms with Crippen LogP contribution in [-0.4, -0.2) is 53.0 Å². The van der Waals surface area contributed by atoms with E-state index in [1.165, 1.54) is 0 Å². The number of hydrogen-bond donors (Lipinski definition) is 2. The molecule has 12 heteroatoms. The van der Waals surface area contributed by atoms with Gasteiger partial charge in [-0.3, -0.25) is 0 Å². The van der Waals surface area contributed by atoms with E-state index < -0.39 is 0 Å². The highest BCUT2D eigenvalue weighted by Crippen LogP contribution is 2.30. The SMILES string of the molecule is CC(C)c1cnc(Cl)nc1N1CCc2nc[nH]c2C1.CC(C)c1cnc(Cl)nc1N1CCc2nc[nH]c2C1. The first-order valence-electron chi connectivity index (χ1n) is 12.9. The van der Waals surface area contributed by atoms with Gasteiger partial charge in [-0.15, -0.1) is 0 Å². The predicted molar refractivity (Wildman–Crippen MR) is 149 cm³/mol. The molecule has 4 aromatic heterocycles. The third-order valence-electron chi connectivity index (χ3n) is 6.93. The maximum absolute atomic E-state index is 5.95. The Hall–Kier alpha value is -3.24. The van der Waals surface area contributed by atoms with E-state index >= 15 is 0 Å². The molecule has 0 aliphatic carbocycles. The normalized spacial score (nSPS) is 14.8. The van der Waals surface area contributed by atoms with Crippen LogP contribution >= 0.6 is 23.2 Å². The van der Waals surface area contributed by atoms with Gasteiger partial charge in [0.2, 0.25) is 10.6 Å². The fourth-order valence-corrected chi connectivity index (χ4v) is 5.09. The number of fused-ring (bicyclic) bond motifs is 2. The molecule has 0 amide bonds. The summed E-state index contributed by atoms with van der Waals surface area (Å²) in [6.45, 7) is 12.0. The molecule has 0 saturated carbocycles. The molecule has 0 aromatic carbocycles. The van der Waals surface area contributed by atoms with Crippen molar-refractivity contribution < 1.29 is 0 Å². The van der Waals surface area contributed by atoms with Crippen molar-refractivity contribution in [2.45, 2.75) is 65.5 Å². The third-order valence-corrected chi connectivity index (χ3v) is 7.29. The van der Waals surface area contributed by atoms with Gasteiger partial charge in [0.05, 0.1) is 48.5 Å². The highest BCUT2D eigenvalue weighted by molar-refractivity contribution is 6.28. The van der Waals surface area contributed by atoms with Gasteiger partial charge in [0, 0.05) is 49.5 Å². The van der Waals surface area contributed by atoms with Gasteiger partial charge in [-0.1, -0.05) is 27.7 Å². The highest BCUT2D eigenvalue weighted by Gasteiger charge is 2.24. The molecule has 2 aliphatic rings. The Bertz CT molecular complexity index is 1290. The Morgan fingerprint density at radius 3 is 1.50 bits per heavy atom. The van der Waals surface area contributed by atoms with Gasteiger partial charge in [0.25, 0.3) is 0 Å². The monoisotopic (exact) mass is 554 g/mol. The fraction of sp³-hybridized carbons (Fsp3) is 0.462. The lowest BCUT2D eigenvalue weighted by atomic mass is 10.0. The lowest BCUT2D eigenvalue weighted by molar-refractivity contribution is 0.688. The van der Waals surface area contributed by atoms with Crippen LogP contribution in [0, 0.1) is 0 Å². The van der Waals surface area contributed by atoms with Crippen LogP contribution in [0.1, 0.15) is 73.4 Å². The maximum Gasteiger partial charge on any atom is 0.224 e. The minimum absolute atomic E-state index is 0.301. The summed E-state index contributed by atoms with van der Waals surface area (Å²) in [5, 5.41) is 0.601. The van der Waals surface area contributed by atoms with Crippen LogP contribution in [0.25, 0.3) is 0 Å². The van der Waals surface area contributed by atoms with Gasteiger partial charge in [-0.05, 0) is 35.0 Å². The molecule has 2 aliphatic heterocycles. The van der Waals surface area contributed by atoms with Crippen molar-refractivity contribution in [2.75, 3.05) is 22.9 Å². The minimum Gasteiger partial charge on any atom is -0.350 e. The molecule has 0 bridgehead atoms. The number of rotatable bonds is 4. The number of aromatic nitrogens is 8. The summed E-state index contributed by atoms with van der Waals surface area (Å²) < 4.78 is 0. The zero-order chi connectivity index (χ0) is 26.8. The van der Waals surface area contributed by atoms with Crippen molar-refractivity contribution in [1.29, 1.82) is 0 Å². The van der Waals surface area contributed by atoms with Crippen LogP contribution in [0.3, 0.4) is 0 Å². The van der Waals surface area contributed by atoms with Gasteiger partial charge < -0.3 is 19.8 Å². The van der Waals surface area contributed by atoms with Gasteiger partial charge in [-0.25, -0.2) is 29.9 Å². The molecule has 4 aromatic rings. The van der Waals surface area contributed by atoms with Crippen LogP contribution in [0.5, 0.6) is 0 Å². The Kier molecular flexibility index (Phi) is 7.80. The zero-order valence-corrected chi connectivity index (χ0v) is 23.6. The zero-order valence-electron chi connectivity index (χ0n) is 22.0. The number of anilines is 2. The molecule has 0 saturated heterocycles. The maximum atomic E-state index is 5.95. The summed E-state index contributed by atoms with van der Waals surface area (Å²) >= 11 is 11.9. The molecule has 38 heavy (non-hydrogen) atoms. The standard InChI is InChI=1S/2C13H16ClN5/c2*1-8(2)9-5-15-13(14)18-12(9)19-4-3-10-11(6-19)17-7-16-10/h2*5,7-8H,3-4,6H2,1-2H3,(H,16,17). The second-order valence-corrected chi connectivity index (χ2v) is 10.8. The Morgan fingerprint density at radius 2 is 1.11 bits per heavy atom. The van der Waals surface area contributed by atoms with E-state index in [4.69, 9.17) is 23.2 Å². The molecule has 2 N–H and O–H groups in total. The average Bonchev–Trinajstić information content (AvgIpc) is 3.57. The molecule has 0 unspecified atom stereocenters. The van der Waals surface area contributed by atoms with Crippen molar-refractivity contribution in [1.82, 2.24) is 39.9 Å². The van der Waals surface area contributed by atoms with Gasteiger partial charge in [0.1, 0.15) is 11.6 Å². The molecule has 200 valence electrons. The number of H-pyrrole nitrogens is 2. The van der Waals surface area contributed by atoms with Gasteiger partial charge in [0.15, 0.2) is 0 Å². The average molecular weight is 556 g/mol. The Balaban J connectivity index is 0.000000155. The molecule has 10 nitrogen and oxygen atoms in total. The van der Waals surface area contributed by atoms with Crippen LogP contribution in [0.4, 0.5) is 11.6 Å². The summed E-state index contributed by atoms with van der Waals surface area (Å²) in [5.74, 6) is 2.62. The first-order chi connectivity index (χ1) is 18.3. The quantitative estimate of drug-likeness (QED) is 0.335. The molecular formula is C26H32Cl2N10. The molecule has 6 heterocycles. The van der Waals surface area contributed by atoms with E-state index in [9.17, 15) is 0 Å². The highest BCUT2D eigenvalue weighted by atomic mass is 35.5. The van der Waals surface area contributed by atoms with E-state index in [-0.39, 0.29) is 0 Å². The number of nitrogens with one attached hydrogen (secondary N) is 2. The van der Waals surface area contributed by atoms with Crippen molar-refractivity contribution in [2.24, 2.45) is 0 Å². The minimum atomic E-state index is 0.301. The molecule has 0 radical (unpaired) electrons. The topological polar surface area (TPSA) is 115 Å². The number of hydrogen-bond acceptors (Lipinski definition) is 8. The fourth-order valence-electron chi connectivity index (χ4n) is 4.83. The molecule has 0 fully saturated rings. The lowest BCUT2D eigenvalue weighted by Gasteiger charge is -2.29. The first kappa shape index (κ1) is 26.4. The van der Waals surface area contributed by atoms with Gasteiger partial charge >= 0.3 is 0 Å². The van der Waals surface area contributed by atoms with Gasteiger partial charge in [-0.2, -0.15) is 0 Å². The largest absolute Gasteiger partial charge is 0.350 e. The number of imidazole rings is 2. The summed E-state index contributed by atoms with van der Waals surface area (Å²) in [5.41, 5.74) is 6.90. The Labute approximate surface area is 232 Å². The summed E-state index contributed by atoms with van der Waals surface area (Å²) in [6, 6.07) is 0. The summed E-state index contributed by atoms with van der Waals surface area (Å²) in [6.07, 6.45) is 9.03. The Morgan fingerprint density at radius 1 is 0.684 bits per heavy atom. The lowest BCUT2D eigenvalue weighted by Crippen LogP contribution is -2.32. The van der Waals surface area contributed by atoms with Crippen LogP contribution in [0.15, 0.2) is 25.0 Å². The second kappa shape index (κ2) is 11.2. The van der Waals surface area contributed by atoms with Crippen molar-refractivity contribution >= 4 is 34.8 Å². The summed E-state index contributed by atoms with van der Waals surface area (Å²) in [7, 11) is 0. The van der Waals surface area contributed by atoms with Crippen molar-refractivity contribution in [3.63, 3.8) is 0 Å². The van der Waals surface area contributed by atoms with Crippen LogP contribution < -0.4 is 9.80 Å². The van der Waals surface area contributed by atoms with E-state index in [2.05, 4.69) is 77.4 Å².